The Hall–Kier alpha value is -1.96. The van der Waals surface area contributed by atoms with Gasteiger partial charge >= 0.3 is 5.97 Å². The molecule has 0 amide bonds. The molecular formula is C8H9N3O2. The number of ether oxygens (including phenoxy) is 1. The highest BCUT2D eigenvalue weighted by Gasteiger charge is 2.12. The lowest BCUT2D eigenvalue weighted by atomic mass is 10.4. The summed E-state index contributed by atoms with van der Waals surface area (Å²) >= 11 is 0. The van der Waals surface area contributed by atoms with Crippen molar-refractivity contribution in [3.63, 3.8) is 0 Å². The molecule has 68 valence electrons. The molecule has 0 bridgehead atoms. The maximum atomic E-state index is 11.2. The van der Waals surface area contributed by atoms with Gasteiger partial charge in [0.2, 0.25) is 0 Å². The molecule has 1 rings (SSSR count). The molecule has 0 saturated heterocycles. The van der Waals surface area contributed by atoms with Crippen LogP contribution in [0.1, 0.15) is 10.5 Å². The largest absolute Gasteiger partial charge is 0.448 e. The average Bonchev–Trinajstić information content (AvgIpc) is 2.41. The van der Waals surface area contributed by atoms with E-state index in [2.05, 4.69) is 15.8 Å². The lowest BCUT2D eigenvalue weighted by Gasteiger charge is -1.99. The number of nitrogens with two attached hydrogens (primary N) is 1. The van der Waals surface area contributed by atoms with Crippen LogP contribution in [0.3, 0.4) is 0 Å². The Balaban J connectivity index is 2.78. The zero-order valence-corrected chi connectivity index (χ0v) is 7.15. The summed E-state index contributed by atoms with van der Waals surface area (Å²) in [6.45, 7) is -0.0517. The minimum atomic E-state index is -0.523. The highest BCUT2D eigenvalue weighted by molar-refractivity contribution is 5.88. The normalized spacial score (nSPS) is 9.23. The highest BCUT2D eigenvalue weighted by atomic mass is 16.5. The highest BCUT2D eigenvalue weighted by Crippen LogP contribution is 2.05. The van der Waals surface area contributed by atoms with E-state index in [0.29, 0.717) is 0 Å². The van der Waals surface area contributed by atoms with Crippen LogP contribution in [0.25, 0.3) is 0 Å². The predicted molar refractivity (Wildman–Crippen MR) is 46.7 cm³/mol. The van der Waals surface area contributed by atoms with Crippen LogP contribution >= 0.6 is 0 Å². The number of hydrogen-bond acceptors (Lipinski definition) is 4. The zero-order chi connectivity index (χ0) is 9.84. The van der Waals surface area contributed by atoms with Crippen LogP contribution < -0.4 is 5.73 Å². The van der Waals surface area contributed by atoms with E-state index in [-0.39, 0.29) is 18.1 Å². The molecule has 0 saturated carbocycles. The lowest BCUT2D eigenvalue weighted by Crippen LogP contribution is -2.10. The quantitative estimate of drug-likeness (QED) is 0.504. The first-order chi connectivity index (χ1) is 6.15. The number of terminal acetylenes is 1. The molecule has 1 heterocycles. The molecule has 13 heavy (non-hydrogen) atoms. The number of carbonyl (C=O) groups excluding carboxylic acids is 1. The summed E-state index contributed by atoms with van der Waals surface area (Å²) in [5, 5.41) is 3.78. The zero-order valence-electron chi connectivity index (χ0n) is 7.15. The number of aromatic nitrogens is 2. The molecule has 0 radical (unpaired) electrons. The second-order valence-corrected chi connectivity index (χ2v) is 2.36. The second-order valence-electron chi connectivity index (χ2n) is 2.36. The fourth-order valence-corrected chi connectivity index (χ4v) is 0.862. The fourth-order valence-electron chi connectivity index (χ4n) is 0.862. The lowest BCUT2D eigenvalue weighted by molar-refractivity contribution is 0.0544. The summed E-state index contributed by atoms with van der Waals surface area (Å²) in [6, 6.07) is 1.43. The molecule has 0 aliphatic heterocycles. The number of nitrogen functional groups attached to an aromatic ring is 1. The van der Waals surface area contributed by atoms with Crippen molar-refractivity contribution in [3.8, 4) is 12.3 Å². The fraction of sp³-hybridized carbons (Fsp3) is 0.250. The smallest absolute Gasteiger partial charge is 0.357 e. The molecule has 0 aromatic carbocycles. The molecule has 0 spiro atoms. The summed E-state index contributed by atoms with van der Waals surface area (Å²) in [6.07, 6.45) is 4.92. The van der Waals surface area contributed by atoms with Gasteiger partial charge in [-0.2, -0.15) is 5.10 Å². The van der Waals surface area contributed by atoms with E-state index in [4.69, 9.17) is 12.2 Å². The van der Waals surface area contributed by atoms with Gasteiger partial charge in [-0.25, -0.2) is 4.79 Å². The van der Waals surface area contributed by atoms with Crippen molar-refractivity contribution in [2.24, 2.45) is 7.05 Å². The topological polar surface area (TPSA) is 70.1 Å². The summed E-state index contributed by atoms with van der Waals surface area (Å²) in [5.74, 6) is 1.94. The van der Waals surface area contributed by atoms with Gasteiger partial charge in [0.15, 0.2) is 6.61 Å². The van der Waals surface area contributed by atoms with Gasteiger partial charge in [0, 0.05) is 13.1 Å². The van der Waals surface area contributed by atoms with Gasteiger partial charge in [-0.15, -0.1) is 6.42 Å². The van der Waals surface area contributed by atoms with Gasteiger partial charge < -0.3 is 10.5 Å². The molecule has 0 atom stereocenters. The number of anilines is 1. The van der Waals surface area contributed by atoms with Crippen LogP contribution in [-0.2, 0) is 11.8 Å². The average molecular weight is 179 g/mol. The van der Waals surface area contributed by atoms with Crippen molar-refractivity contribution in [3.05, 3.63) is 11.8 Å². The Bertz CT molecular complexity index is 362. The van der Waals surface area contributed by atoms with Crippen molar-refractivity contribution >= 4 is 11.8 Å². The Morgan fingerprint density at radius 1 is 1.92 bits per heavy atom. The van der Waals surface area contributed by atoms with Crippen molar-refractivity contribution in [1.29, 1.82) is 0 Å². The monoisotopic (exact) mass is 179 g/mol. The third kappa shape index (κ3) is 1.99. The third-order valence-corrected chi connectivity index (χ3v) is 1.39. The molecule has 0 aliphatic rings. The summed E-state index contributed by atoms with van der Waals surface area (Å²) in [4.78, 5) is 11.2. The van der Waals surface area contributed by atoms with Crippen LogP contribution in [0.4, 0.5) is 5.82 Å². The Labute approximate surface area is 75.5 Å². The Kier molecular flexibility index (Phi) is 2.55. The molecule has 2 N–H and O–H groups in total. The second kappa shape index (κ2) is 3.63. The van der Waals surface area contributed by atoms with Crippen molar-refractivity contribution in [2.45, 2.75) is 0 Å². The van der Waals surface area contributed by atoms with Crippen molar-refractivity contribution in [1.82, 2.24) is 9.78 Å². The number of hydrogen-bond donors (Lipinski definition) is 1. The first kappa shape index (κ1) is 9.13. The van der Waals surface area contributed by atoms with Crippen LogP contribution in [0.15, 0.2) is 6.07 Å². The van der Waals surface area contributed by atoms with Crippen LogP contribution in [0.5, 0.6) is 0 Å². The number of rotatable bonds is 2. The van der Waals surface area contributed by atoms with Crippen molar-refractivity contribution < 1.29 is 9.53 Å². The molecular weight excluding hydrogens is 170 g/mol. The Morgan fingerprint density at radius 3 is 3.08 bits per heavy atom. The number of esters is 1. The summed E-state index contributed by atoms with van der Waals surface area (Å²) in [7, 11) is 1.60. The number of aryl methyl sites for hydroxylation is 1. The van der Waals surface area contributed by atoms with Gasteiger partial charge in [-0.3, -0.25) is 4.68 Å². The van der Waals surface area contributed by atoms with Crippen LogP contribution in [0, 0.1) is 12.3 Å². The number of nitrogens with zero attached hydrogens (tertiary/aromatic N) is 2. The molecule has 0 unspecified atom stereocenters. The van der Waals surface area contributed by atoms with E-state index in [0.717, 1.165) is 0 Å². The first-order valence-electron chi connectivity index (χ1n) is 3.55. The van der Waals surface area contributed by atoms with Crippen LogP contribution in [0.2, 0.25) is 0 Å². The first-order valence-corrected chi connectivity index (χ1v) is 3.55. The predicted octanol–water partition coefficient (Wildman–Crippen LogP) is -0.208. The SMILES string of the molecule is C#CCOC(=O)c1cc(N)nn1C. The molecule has 1 aromatic heterocycles. The number of carbonyl (C=O) groups is 1. The minimum absolute atomic E-state index is 0.0517. The third-order valence-electron chi connectivity index (χ3n) is 1.39. The van der Waals surface area contributed by atoms with Gasteiger partial charge in [0.05, 0.1) is 0 Å². The van der Waals surface area contributed by atoms with Gasteiger partial charge in [-0.1, -0.05) is 5.92 Å². The van der Waals surface area contributed by atoms with E-state index in [1.165, 1.54) is 10.7 Å². The van der Waals surface area contributed by atoms with Gasteiger partial charge in [0.25, 0.3) is 0 Å². The molecule has 5 nitrogen and oxygen atoms in total. The van der Waals surface area contributed by atoms with Gasteiger partial charge in [-0.05, 0) is 0 Å². The van der Waals surface area contributed by atoms with E-state index >= 15 is 0 Å². The Morgan fingerprint density at radius 2 is 2.62 bits per heavy atom. The molecule has 0 aliphatic carbocycles. The van der Waals surface area contributed by atoms with Crippen LogP contribution in [-0.4, -0.2) is 22.4 Å². The molecule has 1 aromatic rings. The molecule has 0 fully saturated rings. The van der Waals surface area contributed by atoms with E-state index in [9.17, 15) is 4.79 Å². The van der Waals surface area contributed by atoms with E-state index < -0.39 is 5.97 Å². The summed E-state index contributed by atoms with van der Waals surface area (Å²) in [5.41, 5.74) is 5.65. The maximum Gasteiger partial charge on any atom is 0.357 e. The molecule has 5 heteroatoms. The standard InChI is InChI=1S/C8H9N3O2/c1-3-4-13-8(12)6-5-7(9)10-11(6)2/h1,5H,4H2,2H3,(H2,9,10). The van der Waals surface area contributed by atoms with Gasteiger partial charge in [0.1, 0.15) is 11.5 Å². The maximum absolute atomic E-state index is 11.2. The minimum Gasteiger partial charge on any atom is -0.448 e. The van der Waals surface area contributed by atoms with E-state index in [1.54, 1.807) is 7.05 Å². The summed E-state index contributed by atoms with van der Waals surface area (Å²) < 4.78 is 6.02. The van der Waals surface area contributed by atoms with Crippen molar-refractivity contribution in [2.75, 3.05) is 12.3 Å². The van der Waals surface area contributed by atoms with E-state index in [1.807, 2.05) is 0 Å².